The van der Waals surface area contributed by atoms with Gasteiger partial charge in [0.1, 0.15) is 0 Å². The summed E-state index contributed by atoms with van der Waals surface area (Å²) in [7, 11) is 0. The molecule has 0 fully saturated rings. The summed E-state index contributed by atoms with van der Waals surface area (Å²) in [6.07, 6.45) is -2.14. The van der Waals surface area contributed by atoms with Gasteiger partial charge in [-0.25, -0.2) is 0 Å². The normalized spacial score (nSPS) is 15.6. The van der Waals surface area contributed by atoms with Crippen molar-refractivity contribution in [3.8, 4) is 0 Å². The second kappa shape index (κ2) is 6.98. The third kappa shape index (κ3) is 4.01. The van der Waals surface area contributed by atoms with Gasteiger partial charge in [-0.2, -0.15) is 0 Å². The average Bonchev–Trinajstić information content (AvgIpc) is 2.37. The summed E-state index contributed by atoms with van der Waals surface area (Å²) in [5, 5.41) is 31.8. The van der Waals surface area contributed by atoms with Crippen molar-refractivity contribution in [2.45, 2.75) is 31.6 Å². The van der Waals surface area contributed by atoms with Crippen LogP contribution in [0, 0.1) is 6.92 Å². The summed E-state index contributed by atoms with van der Waals surface area (Å²) in [5.74, 6) is 0. The lowest BCUT2D eigenvalue weighted by Crippen LogP contribution is -2.39. The zero-order valence-corrected chi connectivity index (χ0v) is 10.1. The van der Waals surface area contributed by atoms with E-state index in [9.17, 15) is 10.2 Å². The number of nitrogens with zero attached hydrogens (tertiary/aromatic N) is 3. The van der Waals surface area contributed by atoms with E-state index in [0.717, 1.165) is 11.1 Å². The Hall–Kier alpha value is -1.59. The van der Waals surface area contributed by atoms with E-state index in [1.54, 1.807) is 0 Å². The molecule has 3 N–H and O–H groups in total. The fourth-order valence-electron chi connectivity index (χ4n) is 1.62. The molecule has 1 rings (SSSR count). The number of aliphatic hydroxyl groups is 3. The van der Waals surface area contributed by atoms with E-state index >= 15 is 0 Å². The number of benzene rings is 1. The zero-order chi connectivity index (χ0) is 13.5. The van der Waals surface area contributed by atoms with Gasteiger partial charge in [-0.05, 0) is 18.0 Å². The second-order valence-corrected chi connectivity index (χ2v) is 4.20. The van der Waals surface area contributed by atoms with E-state index in [1.807, 2.05) is 31.2 Å². The standard InChI is InChI=1S/C12H17N3O3/c1-8-2-4-9(5-3-8)6-11(17)12(18)10(7-16)14-15-13/h2-5,10-12,16-18H,6-7H2,1H3/t10-,11+,12-/m0/s1. The molecule has 0 unspecified atom stereocenters. The number of azide groups is 1. The van der Waals surface area contributed by atoms with Gasteiger partial charge in [0.05, 0.1) is 24.9 Å². The molecular formula is C12H17N3O3. The van der Waals surface area contributed by atoms with E-state index in [1.165, 1.54) is 0 Å². The van der Waals surface area contributed by atoms with Crippen LogP contribution in [0.4, 0.5) is 0 Å². The fraction of sp³-hybridized carbons (Fsp3) is 0.500. The van der Waals surface area contributed by atoms with E-state index < -0.39 is 24.9 Å². The quantitative estimate of drug-likeness (QED) is 0.397. The second-order valence-electron chi connectivity index (χ2n) is 4.20. The first-order valence-electron chi connectivity index (χ1n) is 5.65. The Balaban J connectivity index is 2.66. The minimum Gasteiger partial charge on any atom is -0.396 e. The van der Waals surface area contributed by atoms with Crippen LogP contribution in [0.1, 0.15) is 11.1 Å². The molecule has 0 saturated heterocycles. The van der Waals surface area contributed by atoms with Crippen LogP contribution in [-0.4, -0.2) is 40.2 Å². The van der Waals surface area contributed by atoms with Gasteiger partial charge < -0.3 is 15.3 Å². The van der Waals surface area contributed by atoms with E-state index in [-0.39, 0.29) is 6.42 Å². The number of rotatable bonds is 6. The van der Waals surface area contributed by atoms with Crippen molar-refractivity contribution in [1.82, 2.24) is 0 Å². The lowest BCUT2D eigenvalue weighted by molar-refractivity contribution is -0.00635. The Morgan fingerprint density at radius 1 is 1.28 bits per heavy atom. The van der Waals surface area contributed by atoms with Gasteiger partial charge >= 0.3 is 0 Å². The summed E-state index contributed by atoms with van der Waals surface area (Å²) in [6.45, 7) is 1.45. The highest BCUT2D eigenvalue weighted by Crippen LogP contribution is 2.11. The van der Waals surface area contributed by atoms with E-state index in [0.29, 0.717) is 0 Å². The zero-order valence-electron chi connectivity index (χ0n) is 10.1. The predicted molar refractivity (Wildman–Crippen MR) is 66.9 cm³/mol. The van der Waals surface area contributed by atoms with Crippen molar-refractivity contribution in [2.24, 2.45) is 5.11 Å². The topological polar surface area (TPSA) is 109 Å². The average molecular weight is 251 g/mol. The molecule has 18 heavy (non-hydrogen) atoms. The van der Waals surface area contributed by atoms with Gasteiger partial charge in [0.25, 0.3) is 0 Å². The van der Waals surface area contributed by atoms with Gasteiger partial charge in [-0.1, -0.05) is 34.9 Å². The lowest BCUT2D eigenvalue weighted by Gasteiger charge is -2.22. The first-order chi connectivity index (χ1) is 8.58. The summed E-state index contributed by atoms with van der Waals surface area (Å²) in [5.41, 5.74) is 10.2. The van der Waals surface area contributed by atoms with Crippen LogP contribution in [-0.2, 0) is 6.42 Å². The molecule has 0 amide bonds. The van der Waals surface area contributed by atoms with Crippen molar-refractivity contribution in [1.29, 1.82) is 0 Å². The molecule has 98 valence electrons. The molecule has 0 aliphatic rings. The number of aliphatic hydroxyl groups excluding tert-OH is 3. The molecule has 0 bridgehead atoms. The van der Waals surface area contributed by atoms with Crippen LogP contribution in [0.25, 0.3) is 10.4 Å². The molecule has 1 aromatic rings. The predicted octanol–water partition coefficient (Wildman–Crippen LogP) is 0.931. The van der Waals surface area contributed by atoms with Crippen molar-refractivity contribution < 1.29 is 15.3 Å². The molecule has 0 radical (unpaired) electrons. The van der Waals surface area contributed by atoms with Crippen molar-refractivity contribution in [3.63, 3.8) is 0 Å². The van der Waals surface area contributed by atoms with Gasteiger partial charge in [0.15, 0.2) is 0 Å². The van der Waals surface area contributed by atoms with Crippen LogP contribution in [0.2, 0.25) is 0 Å². The Morgan fingerprint density at radius 2 is 1.89 bits per heavy atom. The summed E-state index contributed by atoms with van der Waals surface area (Å²) < 4.78 is 0. The molecule has 0 aromatic heterocycles. The van der Waals surface area contributed by atoms with Crippen molar-refractivity contribution in [3.05, 3.63) is 45.8 Å². The first kappa shape index (κ1) is 14.5. The van der Waals surface area contributed by atoms with Crippen molar-refractivity contribution >= 4 is 0 Å². The van der Waals surface area contributed by atoms with Crippen LogP contribution >= 0.6 is 0 Å². The fourth-order valence-corrected chi connectivity index (χ4v) is 1.62. The monoisotopic (exact) mass is 251 g/mol. The van der Waals surface area contributed by atoms with Crippen LogP contribution < -0.4 is 0 Å². The summed E-state index contributed by atoms with van der Waals surface area (Å²) >= 11 is 0. The minimum atomic E-state index is -1.28. The molecule has 6 heteroatoms. The third-order valence-corrected chi connectivity index (χ3v) is 2.74. The lowest BCUT2D eigenvalue weighted by atomic mass is 9.99. The Morgan fingerprint density at radius 3 is 2.39 bits per heavy atom. The Kier molecular flexibility index (Phi) is 5.61. The molecule has 0 saturated carbocycles. The molecule has 0 aliphatic carbocycles. The van der Waals surface area contributed by atoms with Crippen LogP contribution in [0.15, 0.2) is 29.4 Å². The first-order valence-corrected chi connectivity index (χ1v) is 5.65. The van der Waals surface area contributed by atoms with Gasteiger partial charge in [0, 0.05) is 11.3 Å². The maximum atomic E-state index is 9.82. The molecule has 6 nitrogen and oxygen atoms in total. The maximum Gasteiger partial charge on any atom is 0.0909 e. The molecule has 0 spiro atoms. The van der Waals surface area contributed by atoms with Gasteiger partial charge in [0.2, 0.25) is 0 Å². The molecule has 1 aromatic carbocycles. The molecular weight excluding hydrogens is 234 g/mol. The maximum absolute atomic E-state index is 9.82. The molecule has 0 heterocycles. The number of hydrogen-bond acceptors (Lipinski definition) is 4. The summed E-state index contributed by atoms with van der Waals surface area (Å²) in [6, 6.07) is 6.49. The smallest absolute Gasteiger partial charge is 0.0909 e. The molecule has 0 aliphatic heterocycles. The number of aryl methyl sites for hydroxylation is 1. The highest BCUT2D eigenvalue weighted by molar-refractivity contribution is 5.22. The Labute approximate surface area is 105 Å². The highest BCUT2D eigenvalue weighted by Gasteiger charge is 2.25. The third-order valence-electron chi connectivity index (χ3n) is 2.74. The van der Waals surface area contributed by atoms with Crippen LogP contribution in [0.5, 0.6) is 0 Å². The van der Waals surface area contributed by atoms with Crippen LogP contribution in [0.3, 0.4) is 0 Å². The minimum absolute atomic E-state index is 0.235. The van der Waals surface area contributed by atoms with Gasteiger partial charge in [-0.15, -0.1) is 0 Å². The van der Waals surface area contributed by atoms with Gasteiger partial charge in [-0.3, -0.25) is 0 Å². The summed E-state index contributed by atoms with van der Waals surface area (Å²) in [4.78, 5) is 2.52. The van der Waals surface area contributed by atoms with E-state index in [4.69, 9.17) is 10.6 Å². The Bertz CT molecular complexity index is 415. The van der Waals surface area contributed by atoms with E-state index in [2.05, 4.69) is 10.0 Å². The largest absolute Gasteiger partial charge is 0.396 e. The van der Waals surface area contributed by atoms with Crippen molar-refractivity contribution in [2.75, 3.05) is 6.61 Å². The number of hydrogen-bond donors (Lipinski definition) is 3. The SMILES string of the molecule is Cc1ccc(C[C@@H](O)[C@@H](O)[C@H](CO)N=[N+]=[N-])cc1. The highest BCUT2D eigenvalue weighted by atomic mass is 16.3. The molecule has 3 atom stereocenters.